The third kappa shape index (κ3) is 3.15. The summed E-state index contributed by atoms with van der Waals surface area (Å²) < 4.78 is 16.3. The number of carbonyl (C=O) groups is 2. The number of anilines is 1. The molecule has 0 saturated carbocycles. The van der Waals surface area contributed by atoms with Crippen molar-refractivity contribution in [2.75, 3.05) is 19.3 Å². The molecule has 4 atom stereocenters. The summed E-state index contributed by atoms with van der Waals surface area (Å²) in [6.07, 6.45) is -1.34. The van der Waals surface area contributed by atoms with Crippen LogP contribution in [0, 0.1) is 5.92 Å². The normalized spacial score (nSPS) is 25.9. The van der Waals surface area contributed by atoms with Crippen molar-refractivity contribution in [3.05, 3.63) is 96.1 Å². The summed E-state index contributed by atoms with van der Waals surface area (Å²) >= 11 is 0. The van der Waals surface area contributed by atoms with E-state index >= 15 is 0 Å². The first kappa shape index (κ1) is 21.0. The van der Waals surface area contributed by atoms with Gasteiger partial charge in [0.2, 0.25) is 0 Å². The van der Waals surface area contributed by atoms with Gasteiger partial charge in [-0.3, -0.25) is 4.84 Å². The topological polar surface area (TPSA) is 74.3 Å². The van der Waals surface area contributed by atoms with E-state index in [9.17, 15) is 9.59 Å². The van der Waals surface area contributed by atoms with Crippen LogP contribution in [0.1, 0.15) is 23.3 Å². The molecule has 0 spiro atoms. The molecule has 5 rings (SSSR count). The van der Waals surface area contributed by atoms with Gasteiger partial charge < -0.3 is 14.2 Å². The van der Waals surface area contributed by atoms with Gasteiger partial charge in [0.05, 0.1) is 25.8 Å². The van der Waals surface area contributed by atoms with Crippen LogP contribution in [-0.2, 0) is 23.9 Å². The molecule has 0 N–H and O–H groups in total. The van der Waals surface area contributed by atoms with Crippen LogP contribution in [0.2, 0.25) is 0 Å². The Bertz CT molecular complexity index is 1150. The van der Waals surface area contributed by atoms with E-state index in [4.69, 9.17) is 19.0 Å². The lowest BCUT2D eigenvalue weighted by Crippen LogP contribution is -2.58. The van der Waals surface area contributed by atoms with E-state index in [1.165, 1.54) is 12.2 Å². The number of cyclic esters (lactones) is 1. The second-order valence-corrected chi connectivity index (χ2v) is 7.95. The van der Waals surface area contributed by atoms with Crippen molar-refractivity contribution in [2.24, 2.45) is 5.92 Å². The van der Waals surface area contributed by atoms with Crippen LogP contribution in [0.3, 0.4) is 0 Å². The molecule has 7 heteroatoms. The summed E-state index contributed by atoms with van der Waals surface area (Å²) in [7, 11) is 2.83. The van der Waals surface area contributed by atoms with Crippen LogP contribution in [0.15, 0.2) is 84.9 Å². The summed E-state index contributed by atoms with van der Waals surface area (Å²) in [4.78, 5) is 33.4. The van der Waals surface area contributed by atoms with Crippen LogP contribution in [0.4, 0.5) is 5.69 Å². The highest BCUT2D eigenvalue weighted by atomic mass is 16.7. The summed E-state index contributed by atoms with van der Waals surface area (Å²) in [6, 6.07) is 25.8. The van der Waals surface area contributed by atoms with Crippen LogP contribution in [-0.4, -0.2) is 31.7 Å². The predicted octanol–water partition coefficient (Wildman–Crippen LogP) is 4.01. The molecule has 33 heavy (non-hydrogen) atoms. The molecule has 168 valence electrons. The average Bonchev–Trinajstić information content (AvgIpc) is 3.39. The molecular weight excluding hydrogens is 422 g/mol. The highest BCUT2D eigenvalue weighted by molar-refractivity contribution is 6.10. The van der Waals surface area contributed by atoms with Gasteiger partial charge in [-0.05, 0) is 35.4 Å². The van der Waals surface area contributed by atoms with E-state index < -0.39 is 35.6 Å². The van der Waals surface area contributed by atoms with Gasteiger partial charge in [-0.1, -0.05) is 60.7 Å². The van der Waals surface area contributed by atoms with E-state index in [1.54, 1.807) is 31.4 Å². The fraction of sp³-hybridized carbons (Fsp3) is 0.231. The summed E-state index contributed by atoms with van der Waals surface area (Å²) in [5, 5.41) is 1.35. The number of rotatable bonds is 5. The maximum Gasteiger partial charge on any atom is 0.347 e. The first-order valence-corrected chi connectivity index (χ1v) is 10.6. The minimum absolute atomic E-state index is 0.510. The number of hydrogen-bond donors (Lipinski definition) is 0. The minimum atomic E-state index is -1.82. The Kier molecular flexibility index (Phi) is 5.26. The zero-order valence-corrected chi connectivity index (χ0v) is 18.2. The van der Waals surface area contributed by atoms with Crippen LogP contribution in [0.5, 0.6) is 5.75 Å². The van der Waals surface area contributed by atoms with E-state index in [2.05, 4.69) is 0 Å². The SMILES string of the molecule is COC(=O)C12C(=O)OC(c3ccccc3)C1C(c1ccccc1)ON2c1ccc(OC)cc1. The van der Waals surface area contributed by atoms with Crippen LogP contribution < -0.4 is 9.80 Å². The Morgan fingerprint density at radius 2 is 1.42 bits per heavy atom. The monoisotopic (exact) mass is 445 g/mol. The van der Waals surface area contributed by atoms with E-state index in [-0.39, 0.29) is 0 Å². The Balaban J connectivity index is 1.71. The van der Waals surface area contributed by atoms with Crippen molar-refractivity contribution in [1.29, 1.82) is 0 Å². The number of esters is 2. The Hall–Kier alpha value is -3.84. The Morgan fingerprint density at radius 3 is 1.97 bits per heavy atom. The van der Waals surface area contributed by atoms with Gasteiger partial charge in [-0.15, -0.1) is 0 Å². The molecule has 0 radical (unpaired) electrons. The molecule has 2 saturated heterocycles. The van der Waals surface area contributed by atoms with Crippen molar-refractivity contribution < 1.29 is 28.6 Å². The number of nitrogens with zero attached hydrogens (tertiary/aromatic N) is 1. The molecule has 0 bridgehead atoms. The average molecular weight is 445 g/mol. The molecular formula is C26H23NO6. The largest absolute Gasteiger partial charge is 0.497 e. The second-order valence-electron chi connectivity index (χ2n) is 7.95. The van der Waals surface area contributed by atoms with Gasteiger partial charge in [-0.2, -0.15) is 0 Å². The molecule has 0 aliphatic carbocycles. The molecule has 4 unspecified atom stereocenters. The Labute approximate surface area is 191 Å². The molecule has 2 fully saturated rings. The number of benzene rings is 3. The maximum absolute atomic E-state index is 13.6. The summed E-state index contributed by atoms with van der Waals surface area (Å²) in [5.41, 5.74) is 0.300. The smallest absolute Gasteiger partial charge is 0.347 e. The van der Waals surface area contributed by atoms with E-state index in [0.717, 1.165) is 11.1 Å². The molecule has 3 aromatic rings. The number of fused-ring (bicyclic) bond motifs is 1. The van der Waals surface area contributed by atoms with Gasteiger partial charge in [0, 0.05) is 0 Å². The Morgan fingerprint density at radius 1 is 0.848 bits per heavy atom. The molecule has 0 aromatic heterocycles. The molecule has 2 heterocycles. The summed E-state index contributed by atoms with van der Waals surface area (Å²) in [5.74, 6) is -1.49. The van der Waals surface area contributed by atoms with Crippen molar-refractivity contribution in [3.8, 4) is 5.75 Å². The van der Waals surface area contributed by atoms with Gasteiger partial charge in [0.25, 0.3) is 5.54 Å². The zero-order chi connectivity index (χ0) is 23.0. The number of ether oxygens (including phenoxy) is 3. The van der Waals surface area contributed by atoms with E-state index in [1.807, 2.05) is 60.7 Å². The third-order valence-electron chi connectivity index (χ3n) is 6.28. The third-order valence-corrected chi connectivity index (χ3v) is 6.28. The van der Waals surface area contributed by atoms with Gasteiger partial charge in [-0.25, -0.2) is 14.7 Å². The lowest BCUT2D eigenvalue weighted by Gasteiger charge is -2.31. The maximum atomic E-state index is 13.6. The van der Waals surface area contributed by atoms with Gasteiger partial charge >= 0.3 is 11.9 Å². The summed E-state index contributed by atoms with van der Waals surface area (Å²) in [6.45, 7) is 0. The van der Waals surface area contributed by atoms with Gasteiger partial charge in [0.1, 0.15) is 18.0 Å². The van der Waals surface area contributed by atoms with Crippen molar-refractivity contribution in [1.82, 2.24) is 0 Å². The van der Waals surface area contributed by atoms with Crippen molar-refractivity contribution in [2.45, 2.75) is 17.7 Å². The molecule has 2 aliphatic rings. The van der Waals surface area contributed by atoms with Crippen LogP contribution >= 0.6 is 0 Å². The van der Waals surface area contributed by atoms with Crippen molar-refractivity contribution in [3.63, 3.8) is 0 Å². The number of hydrogen-bond acceptors (Lipinski definition) is 7. The standard InChI is InChI=1S/C26H23NO6/c1-30-20-15-13-19(14-16-20)27-26(24(28)31-2)21(23(33-27)18-11-7-4-8-12-18)22(32-25(26)29)17-9-5-3-6-10-17/h3-16,21-23H,1-2H3. The lowest BCUT2D eigenvalue weighted by atomic mass is 9.76. The molecule has 7 nitrogen and oxygen atoms in total. The van der Waals surface area contributed by atoms with E-state index in [0.29, 0.717) is 11.4 Å². The second kappa shape index (κ2) is 8.26. The highest BCUT2D eigenvalue weighted by Crippen LogP contribution is 2.58. The molecule has 0 amide bonds. The fourth-order valence-corrected chi connectivity index (χ4v) is 4.76. The number of hydroxylamine groups is 1. The van der Waals surface area contributed by atoms with Crippen LogP contribution in [0.25, 0.3) is 0 Å². The highest BCUT2D eigenvalue weighted by Gasteiger charge is 2.74. The minimum Gasteiger partial charge on any atom is -0.497 e. The molecule has 2 aliphatic heterocycles. The van der Waals surface area contributed by atoms with Crippen molar-refractivity contribution >= 4 is 17.6 Å². The fourth-order valence-electron chi connectivity index (χ4n) is 4.76. The lowest BCUT2D eigenvalue weighted by molar-refractivity contribution is -0.159. The van der Waals surface area contributed by atoms with Gasteiger partial charge in [0.15, 0.2) is 0 Å². The first-order valence-electron chi connectivity index (χ1n) is 10.6. The molecule has 3 aromatic carbocycles. The number of methoxy groups -OCH3 is 2. The predicted molar refractivity (Wildman–Crippen MR) is 119 cm³/mol. The number of carbonyl (C=O) groups excluding carboxylic acids is 2. The zero-order valence-electron chi connectivity index (χ0n) is 18.2. The quantitative estimate of drug-likeness (QED) is 0.434. The first-order chi connectivity index (χ1) is 16.1.